The van der Waals surface area contributed by atoms with E-state index in [4.69, 9.17) is 0 Å². The smallest absolute Gasteiger partial charge is 0.326 e. The molecule has 2 aliphatic rings. The molecule has 5 rings (SSSR count). The Labute approximate surface area is 227 Å². The number of aromatic nitrogens is 1. The molecule has 0 saturated carbocycles. The molecule has 2 aliphatic heterocycles. The zero-order valence-electron chi connectivity index (χ0n) is 22.5. The van der Waals surface area contributed by atoms with Crippen molar-refractivity contribution in [1.82, 2.24) is 20.5 Å². The van der Waals surface area contributed by atoms with Crippen molar-refractivity contribution < 1.29 is 24.3 Å². The maximum absolute atomic E-state index is 14.0. The number of para-hydroxylation sites is 1. The number of hydrogen-bond donors (Lipinski definition) is 4. The zero-order valence-corrected chi connectivity index (χ0v) is 22.5. The highest BCUT2D eigenvalue weighted by Crippen LogP contribution is 2.46. The van der Waals surface area contributed by atoms with E-state index in [-0.39, 0.29) is 17.7 Å². The first-order valence-electron chi connectivity index (χ1n) is 13.5. The van der Waals surface area contributed by atoms with Crippen molar-refractivity contribution >= 4 is 34.6 Å². The summed E-state index contributed by atoms with van der Waals surface area (Å²) in [6, 6.07) is 11.9. The molecule has 2 aromatic carbocycles. The van der Waals surface area contributed by atoms with Crippen molar-refractivity contribution in [1.29, 1.82) is 0 Å². The highest BCUT2D eigenvalue weighted by atomic mass is 16.4. The van der Waals surface area contributed by atoms with Crippen LogP contribution < -0.4 is 10.6 Å². The number of carboxylic acids is 1. The highest BCUT2D eigenvalue weighted by molar-refractivity contribution is 6.04. The van der Waals surface area contributed by atoms with Crippen molar-refractivity contribution in [3.8, 4) is 0 Å². The van der Waals surface area contributed by atoms with Gasteiger partial charge in [0.2, 0.25) is 11.8 Å². The third-order valence-corrected chi connectivity index (χ3v) is 8.18. The summed E-state index contributed by atoms with van der Waals surface area (Å²) in [7, 11) is 0. The Bertz CT molecular complexity index is 1460. The Morgan fingerprint density at radius 1 is 1.03 bits per heavy atom. The van der Waals surface area contributed by atoms with Crippen LogP contribution in [0, 0.1) is 11.8 Å². The second-order valence-electron chi connectivity index (χ2n) is 10.9. The zero-order chi connectivity index (χ0) is 28.0. The van der Waals surface area contributed by atoms with Crippen LogP contribution in [0.3, 0.4) is 0 Å². The summed E-state index contributed by atoms with van der Waals surface area (Å²) >= 11 is 0. The SMILES string of the molecule is CC[C@@H](C)[C@H](NC(=O)[C@@H]1Cc2c([nH]c3ccccc23)[C@@H]2c3ccccc3C(=O)N21)C(=O)N[C@H](C(=O)O)C(C)C. The number of hydrogen-bond acceptors (Lipinski definition) is 4. The number of nitrogens with zero attached hydrogens (tertiary/aromatic N) is 1. The van der Waals surface area contributed by atoms with Gasteiger partial charge in [0.1, 0.15) is 18.1 Å². The molecule has 0 unspecified atom stereocenters. The molecule has 3 heterocycles. The average molecular weight is 531 g/mol. The monoisotopic (exact) mass is 530 g/mol. The Hall–Kier alpha value is -4.14. The van der Waals surface area contributed by atoms with E-state index >= 15 is 0 Å². The molecule has 9 nitrogen and oxygen atoms in total. The summed E-state index contributed by atoms with van der Waals surface area (Å²) in [4.78, 5) is 57.8. The Morgan fingerprint density at radius 3 is 2.41 bits per heavy atom. The van der Waals surface area contributed by atoms with Crippen LogP contribution in [0.15, 0.2) is 48.5 Å². The molecule has 0 spiro atoms. The lowest BCUT2D eigenvalue weighted by molar-refractivity contribution is -0.144. The van der Waals surface area contributed by atoms with Gasteiger partial charge in [-0.05, 0) is 35.1 Å². The fourth-order valence-corrected chi connectivity index (χ4v) is 5.85. The van der Waals surface area contributed by atoms with Gasteiger partial charge in [0.25, 0.3) is 5.91 Å². The molecule has 0 bridgehead atoms. The lowest BCUT2D eigenvalue weighted by Gasteiger charge is -2.38. The summed E-state index contributed by atoms with van der Waals surface area (Å²) in [5, 5.41) is 16.1. The molecule has 39 heavy (non-hydrogen) atoms. The predicted molar refractivity (Wildman–Crippen MR) is 146 cm³/mol. The van der Waals surface area contributed by atoms with E-state index in [0.717, 1.165) is 27.7 Å². The topological polar surface area (TPSA) is 132 Å². The number of carboxylic acid groups (broad SMARTS) is 1. The second-order valence-corrected chi connectivity index (χ2v) is 10.9. The van der Waals surface area contributed by atoms with Gasteiger partial charge in [-0.15, -0.1) is 0 Å². The first kappa shape index (κ1) is 26.5. The van der Waals surface area contributed by atoms with Crippen molar-refractivity contribution in [2.45, 2.75) is 64.7 Å². The largest absolute Gasteiger partial charge is 0.480 e. The number of fused-ring (bicyclic) bond motifs is 7. The number of carbonyl (C=O) groups is 4. The van der Waals surface area contributed by atoms with E-state index in [9.17, 15) is 24.3 Å². The van der Waals surface area contributed by atoms with Gasteiger partial charge in [-0.3, -0.25) is 14.4 Å². The van der Waals surface area contributed by atoms with E-state index in [0.29, 0.717) is 18.4 Å². The molecule has 3 amide bonds. The van der Waals surface area contributed by atoms with Crippen molar-refractivity contribution in [3.63, 3.8) is 0 Å². The fraction of sp³-hybridized carbons (Fsp3) is 0.400. The van der Waals surface area contributed by atoms with Gasteiger partial charge >= 0.3 is 5.97 Å². The molecule has 5 atom stereocenters. The predicted octanol–water partition coefficient (Wildman–Crippen LogP) is 3.39. The summed E-state index contributed by atoms with van der Waals surface area (Å²) < 4.78 is 0. The lowest BCUT2D eigenvalue weighted by Crippen LogP contribution is -2.59. The first-order valence-corrected chi connectivity index (χ1v) is 13.5. The van der Waals surface area contributed by atoms with Gasteiger partial charge < -0.3 is 25.6 Å². The fourth-order valence-electron chi connectivity index (χ4n) is 5.85. The molecular formula is C30H34N4O5. The van der Waals surface area contributed by atoms with Crippen LogP contribution in [0.25, 0.3) is 10.9 Å². The van der Waals surface area contributed by atoms with Crippen molar-refractivity contribution in [2.24, 2.45) is 11.8 Å². The Morgan fingerprint density at radius 2 is 1.72 bits per heavy atom. The van der Waals surface area contributed by atoms with Crippen molar-refractivity contribution in [2.75, 3.05) is 0 Å². The number of carbonyl (C=O) groups excluding carboxylic acids is 3. The quantitative estimate of drug-likeness (QED) is 0.355. The molecular weight excluding hydrogens is 496 g/mol. The molecule has 3 aromatic rings. The summed E-state index contributed by atoms with van der Waals surface area (Å²) in [6.07, 6.45) is 0.881. The number of nitrogens with one attached hydrogen (secondary N) is 3. The second kappa shape index (κ2) is 10.2. The maximum Gasteiger partial charge on any atom is 0.326 e. The van der Waals surface area contributed by atoms with Crippen LogP contribution in [-0.4, -0.2) is 56.8 Å². The minimum absolute atomic E-state index is 0.227. The van der Waals surface area contributed by atoms with Gasteiger partial charge in [-0.1, -0.05) is 70.5 Å². The third-order valence-electron chi connectivity index (χ3n) is 8.18. The van der Waals surface area contributed by atoms with Crippen LogP contribution in [0.5, 0.6) is 0 Å². The highest BCUT2D eigenvalue weighted by Gasteiger charge is 2.49. The molecule has 0 aliphatic carbocycles. The Kier molecular flexibility index (Phi) is 6.92. The minimum atomic E-state index is -1.13. The van der Waals surface area contributed by atoms with Crippen LogP contribution in [0.1, 0.15) is 67.3 Å². The van der Waals surface area contributed by atoms with E-state index in [1.807, 2.05) is 56.3 Å². The van der Waals surface area contributed by atoms with Gasteiger partial charge in [0.15, 0.2) is 0 Å². The standard InChI is InChI=1S/C30H34N4O5/c1-5-16(4)24(28(36)32-23(15(2)3)30(38)39)33-27(35)22-14-20-17-10-8-9-13-21(17)31-25(20)26-18-11-6-7-12-19(18)29(37)34(22)26/h6-13,15-16,22-24,26,31H,5,14H2,1-4H3,(H,32,36)(H,33,35)(H,38,39)/t16-,22+,23+,24+,26+/m1/s1. The maximum atomic E-state index is 14.0. The number of aromatic amines is 1. The third kappa shape index (κ3) is 4.45. The van der Waals surface area contributed by atoms with Crippen molar-refractivity contribution in [3.05, 3.63) is 70.9 Å². The molecule has 204 valence electrons. The number of amides is 3. The number of benzene rings is 2. The molecule has 1 aromatic heterocycles. The summed E-state index contributed by atoms with van der Waals surface area (Å²) in [6.45, 7) is 7.18. The summed E-state index contributed by atoms with van der Waals surface area (Å²) in [5.74, 6) is -2.93. The van der Waals surface area contributed by atoms with E-state index < -0.39 is 42.0 Å². The van der Waals surface area contributed by atoms with Crippen LogP contribution >= 0.6 is 0 Å². The summed E-state index contributed by atoms with van der Waals surface area (Å²) in [5.41, 5.74) is 4.21. The van der Waals surface area contributed by atoms with E-state index in [1.165, 1.54) is 0 Å². The number of aliphatic carboxylic acids is 1. The van der Waals surface area contributed by atoms with Crippen LogP contribution in [-0.2, 0) is 20.8 Å². The van der Waals surface area contributed by atoms with Crippen LogP contribution in [0.4, 0.5) is 0 Å². The minimum Gasteiger partial charge on any atom is -0.480 e. The van der Waals surface area contributed by atoms with Gasteiger partial charge in [0.05, 0.1) is 6.04 Å². The first-order chi connectivity index (χ1) is 18.6. The normalized spacial score (nSPS) is 20.1. The lowest BCUT2D eigenvalue weighted by atomic mass is 9.89. The molecule has 0 radical (unpaired) electrons. The molecule has 0 fully saturated rings. The molecule has 4 N–H and O–H groups in total. The van der Waals surface area contributed by atoms with Gasteiger partial charge in [-0.2, -0.15) is 0 Å². The van der Waals surface area contributed by atoms with E-state index in [1.54, 1.807) is 24.8 Å². The molecule has 9 heteroatoms. The number of H-pyrrole nitrogens is 1. The number of rotatable bonds is 8. The van der Waals surface area contributed by atoms with E-state index in [2.05, 4.69) is 15.6 Å². The Balaban J connectivity index is 1.51. The average Bonchev–Trinajstić information content (AvgIpc) is 3.44. The van der Waals surface area contributed by atoms with Gasteiger partial charge in [0, 0.05) is 28.6 Å². The van der Waals surface area contributed by atoms with Crippen LogP contribution in [0.2, 0.25) is 0 Å². The molecule has 0 saturated heterocycles. The van der Waals surface area contributed by atoms with Gasteiger partial charge in [-0.25, -0.2) is 4.79 Å².